The Morgan fingerprint density at radius 1 is 1.26 bits per heavy atom. The van der Waals surface area contributed by atoms with Crippen LogP contribution in [-0.2, 0) is 0 Å². The zero-order valence-corrected chi connectivity index (χ0v) is 11.8. The molecule has 19 heavy (non-hydrogen) atoms. The van der Waals surface area contributed by atoms with Gasteiger partial charge in [-0.1, -0.05) is 37.8 Å². The average molecular weight is 264 g/mol. The van der Waals surface area contributed by atoms with Gasteiger partial charge in [0.1, 0.15) is 5.82 Å². The molecule has 0 spiro atoms. The lowest BCUT2D eigenvalue weighted by Crippen LogP contribution is -2.38. The standard InChI is InChI=1S/C16H25FN2/c1-19(15-9-4-2-3-5-10-15)16(12-18)13-7-6-8-14(17)11-13/h6-8,11,15-16H,2-5,9-10,12,18H2,1H3. The van der Waals surface area contributed by atoms with Crippen LogP contribution in [0.3, 0.4) is 0 Å². The van der Waals surface area contributed by atoms with E-state index in [0.29, 0.717) is 12.6 Å². The summed E-state index contributed by atoms with van der Waals surface area (Å²) >= 11 is 0. The van der Waals surface area contributed by atoms with Crippen molar-refractivity contribution in [2.75, 3.05) is 13.6 Å². The fourth-order valence-electron chi connectivity index (χ4n) is 3.17. The molecule has 0 bridgehead atoms. The highest BCUT2D eigenvalue weighted by atomic mass is 19.1. The van der Waals surface area contributed by atoms with Crippen LogP contribution >= 0.6 is 0 Å². The maximum atomic E-state index is 13.4. The summed E-state index contributed by atoms with van der Waals surface area (Å²) in [6, 6.07) is 7.56. The molecule has 1 unspecified atom stereocenters. The largest absolute Gasteiger partial charge is 0.329 e. The molecule has 1 saturated carbocycles. The smallest absolute Gasteiger partial charge is 0.123 e. The fourth-order valence-corrected chi connectivity index (χ4v) is 3.17. The molecule has 2 rings (SSSR count). The van der Waals surface area contributed by atoms with E-state index >= 15 is 0 Å². The molecule has 1 aromatic carbocycles. The second kappa shape index (κ2) is 7.01. The van der Waals surface area contributed by atoms with E-state index in [1.54, 1.807) is 12.1 Å². The Labute approximate surface area is 115 Å². The minimum Gasteiger partial charge on any atom is -0.329 e. The highest BCUT2D eigenvalue weighted by molar-refractivity contribution is 5.20. The molecule has 0 aromatic heterocycles. The van der Waals surface area contributed by atoms with Gasteiger partial charge in [-0.25, -0.2) is 4.39 Å². The number of rotatable bonds is 4. The van der Waals surface area contributed by atoms with Crippen LogP contribution in [0.2, 0.25) is 0 Å². The summed E-state index contributed by atoms with van der Waals surface area (Å²) in [7, 11) is 2.14. The van der Waals surface area contributed by atoms with Gasteiger partial charge in [-0.05, 0) is 37.6 Å². The normalized spacial score (nSPS) is 19.4. The van der Waals surface area contributed by atoms with Gasteiger partial charge < -0.3 is 5.73 Å². The molecule has 2 N–H and O–H groups in total. The van der Waals surface area contributed by atoms with Gasteiger partial charge in [-0.2, -0.15) is 0 Å². The summed E-state index contributed by atoms with van der Waals surface area (Å²) in [4.78, 5) is 2.36. The molecule has 1 aliphatic rings. The lowest BCUT2D eigenvalue weighted by molar-refractivity contribution is 0.161. The third kappa shape index (κ3) is 3.77. The molecule has 3 heteroatoms. The fraction of sp³-hybridized carbons (Fsp3) is 0.625. The van der Waals surface area contributed by atoms with Gasteiger partial charge in [0.05, 0.1) is 0 Å². The third-order valence-corrected chi connectivity index (χ3v) is 4.35. The van der Waals surface area contributed by atoms with Crippen LogP contribution in [0.4, 0.5) is 4.39 Å². The number of hydrogen-bond acceptors (Lipinski definition) is 2. The number of nitrogens with zero attached hydrogens (tertiary/aromatic N) is 1. The summed E-state index contributed by atoms with van der Waals surface area (Å²) in [6.45, 7) is 0.538. The monoisotopic (exact) mass is 264 g/mol. The van der Waals surface area contributed by atoms with Crippen LogP contribution in [0.1, 0.15) is 50.1 Å². The van der Waals surface area contributed by atoms with Crippen molar-refractivity contribution in [2.45, 2.75) is 50.6 Å². The van der Waals surface area contributed by atoms with Crippen molar-refractivity contribution < 1.29 is 4.39 Å². The van der Waals surface area contributed by atoms with Gasteiger partial charge in [0.25, 0.3) is 0 Å². The molecule has 0 amide bonds. The van der Waals surface area contributed by atoms with Crippen LogP contribution in [0.15, 0.2) is 24.3 Å². The van der Waals surface area contributed by atoms with E-state index in [2.05, 4.69) is 11.9 Å². The molecule has 0 saturated heterocycles. The molecule has 1 atom stereocenters. The van der Waals surface area contributed by atoms with Crippen molar-refractivity contribution in [3.05, 3.63) is 35.6 Å². The summed E-state index contributed by atoms with van der Waals surface area (Å²) in [5, 5.41) is 0. The minimum absolute atomic E-state index is 0.124. The van der Waals surface area contributed by atoms with Crippen molar-refractivity contribution in [3.8, 4) is 0 Å². The van der Waals surface area contributed by atoms with Crippen LogP contribution in [-0.4, -0.2) is 24.5 Å². The molecule has 2 nitrogen and oxygen atoms in total. The van der Waals surface area contributed by atoms with E-state index in [1.807, 2.05) is 6.07 Å². The van der Waals surface area contributed by atoms with Crippen molar-refractivity contribution >= 4 is 0 Å². The minimum atomic E-state index is -0.176. The highest BCUT2D eigenvalue weighted by Gasteiger charge is 2.24. The predicted octanol–water partition coefficient (Wildman–Crippen LogP) is 3.48. The Morgan fingerprint density at radius 3 is 2.53 bits per heavy atom. The van der Waals surface area contributed by atoms with E-state index in [0.717, 1.165) is 5.56 Å². The van der Waals surface area contributed by atoms with Crippen LogP contribution in [0, 0.1) is 5.82 Å². The zero-order valence-electron chi connectivity index (χ0n) is 11.8. The molecule has 106 valence electrons. The third-order valence-electron chi connectivity index (χ3n) is 4.35. The lowest BCUT2D eigenvalue weighted by atomic mass is 10.0. The second-order valence-electron chi connectivity index (χ2n) is 5.62. The predicted molar refractivity (Wildman–Crippen MR) is 77.4 cm³/mol. The number of hydrogen-bond donors (Lipinski definition) is 1. The summed E-state index contributed by atoms with van der Waals surface area (Å²) in [5.41, 5.74) is 6.93. The maximum absolute atomic E-state index is 13.4. The van der Waals surface area contributed by atoms with E-state index < -0.39 is 0 Å². The molecule has 0 aliphatic heterocycles. The first-order valence-corrected chi connectivity index (χ1v) is 7.40. The lowest BCUT2D eigenvalue weighted by Gasteiger charge is -2.34. The second-order valence-corrected chi connectivity index (χ2v) is 5.62. The molecular weight excluding hydrogens is 239 g/mol. The SMILES string of the molecule is CN(C1CCCCCC1)C(CN)c1cccc(F)c1. The first kappa shape index (κ1) is 14.5. The zero-order chi connectivity index (χ0) is 13.7. The van der Waals surface area contributed by atoms with Crippen LogP contribution < -0.4 is 5.73 Å². The van der Waals surface area contributed by atoms with Gasteiger partial charge in [0.2, 0.25) is 0 Å². The summed E-state index contributed by atoms with van der Waals surface area (Å²) < 4.78 is 13.4. The highest BCUT2D eigenvalue weighted by Crippen LogP contribution is 2.28. The Morgan fingerprint density at radius 2 is 1.95 bits per heavy atom. The van der Waals surface area contributed by atoms with Gasteiger partial charge in [-0.3, -0.25) is 4.90 Å². The van der Waals surface area contributed by atoms with E-state index in [-0.39, 0.29) is 11.9 Å². The number of halogens is 1. The van der Waals surface area contributed by atoms with Gasteiger partial charge in [0, 0.05) is 18.6 Å². The van der Waals surface area contributed by atoms with Gasteiger partial charge in [0.15, 0.2) is 0 Å². The van der Waals surface area contributed by atoms with Gasteiger partial charge in [-0.15, -0.1) is 0 Å². The Hall–Kier alpha value is -0.930. The Kier molecular flexibility index (Phi) is 5.34. The Balaban J connectivity index is 2.11. The van der Waals surface area contributed by atoms with Crippen LogP contribution in [0.5, 0.6) is 0 Å². The summed E-state index contributed by atoms with van der Waals surface area (Å²) in [6.07, 6.45) is 7.77. The van der Waals surface area contributed by atoms with E-state index in [9.17, 15) is 4.39 Å². The van der Waals surface area contributed by atoms with Crippen LogP contribution in [0.25, 0.3) is 0 Å². The topological polar surface area (TPSA) is 29.3 Å². The summed E-state index contributed by atoms with van der Waals surface area (Å²) in [5.74, 6) is -0.176. The number of likely N-dealkylation sites (N-methyl/N-ethyl adjacent to an activating group) is 1. The van der Waals surface area contributed by atoms with Crippen molar-refractivity contribution in [1.29, 1.82) is 0 Å². The quantitative estimate of drug-likeness (QED) is 0.844. The molecule has 0 heterocycles. The molecular formula is C16H25FN2. The Bertz CT molecular complexity index is 386. The first-order chi connectivity index (χ1) is 9.22. The molecule has 1 aliphatic carbocycles. The number of benzene rings is 1. The number of nitrogens with two attached hydrogens (primary N) is 1. The van der Waals surface area contributed by atoms with E-state index in [4.69, 9.17) is 5.73 Å². The van der Waals surface area contributed by atoms with Crippen molar-refractivity contribution in [3.63, 3.8) is 0 Å². The van der Waals surface area contributed by atoms with E-state index in [1.165, 1.54) is 44.6 Å². The molecule has 0 radical (unpaired) electrons. The van der Waals surface area contributed by atoms with Crippen molar-refractivity contribution in [1.82, 2.24) is 4.90 Å². The molecule has 1 aromatic rings. The molecule has 1 fully saturated rings. The maximum Gasteiger partial charge on any atom is 0.123 e. The van der Waals surface area contributed by atoms with Gasteiger partial charge >= 0.3 is 0 Å². The first-order valence-electron chi connectivity index (χ1n) is 7.40. The average Bonchev–Trinajstić information content (AvgIpc) is 2.68. The van der Waals surface area contributed by atoms with Crippen molar-refractivity contribution in [2.24, 2.45) is 5.73 Å².